The van der Waals surface area contributed by atoms with E-state index < -0.39 is 0 Å². The molecule has 0 aliphatic rings. The van der Waals surface area contributed by atoms with Gasteiger partial charge < -0.3 is 20.5 Å². The molecule has 1 atom stereocenters. The summed E-state index contributed by atoms with van der Waals surface area (Å²) in [5.41, 5.74) is 6.88. The van der Waals surface area contributed by atoms with Gasteiger partial charge in [0.1, 0.15) is 5.69 Å². The summed E-state index contributed by atoms with van der Waals surface area (Å²) in [5, 5.41) is 2.58. The SMILES string of the molecule is CNC(=O)C(C)CN(C)C(=O)c1cc(N)cn1C(C)C. The lowest BCUT2D eigenvalue weighted by molar-refractivity contribution is -0.124. The Kier molecular flexibility index (Phi) is 5.19. The molecule has 6 nitrogen and oxygen atoms in total. The molecule has 0 aliphatic heterocycles. The largest absolute Gasteiger partial charge is 0.397 e. The zero-order valence-corrected chi connectivity index (χ0v) is 12.8. The predicted molar refractivity (Wildman–Crippen MR) is 79.4 cm³/mol. The van der Waals surface area contributed by atoms with Crippen LogP contribution in [0.25, 0.3) is 0 Å². The normalized spacial score (nSPS) is 12.3. The van der Waals surface area contributed by atoms with E-state index in [1.54, 1.807) is 38.2 Å². The molecule has 2 amide bonds. The maximum Gasteiger partial charge on any atom is 0.270 e. The van der Waals surface area contributed by atoms with E-state index in [1.165, 1.54) is 0 Å². The molecular weight excluding hydrogens is 256 g/mol. The third kappa shape index (κ3) is 3.53. The summed E-state index contributed by atoms with van der Waals surface area (Å²) < 4.78 is 1.85. The summed E-state index contributed by atoms with van der Waals surface area (Å²) in [6.45, 7) is 6.13. The number of hydrogen-bond donors (Lipinski definition) is 2. The van der Waals surface area contributed by atoms with Gasteiger partial charge in [-0.25, -0.2) is 0 Å². The lowest BCUT2D eigenvalue weighted by atomic mass is 10.1. The monoisotopic (exact) mass is 280 g/mol. The van der Waals surface area contributed by atoms with Crippen LogP contribution in [0.2, 0.25) is 0 Å². The molecule has 1 aromatic rings. The average molecular weight is 280 g/mol. The van der Waals surface area contributed by atoms with Crippen LogP contribution < -0.4 is 11.1 Å². The van der Waals surface area contributed by atoms with Gasteiger partial charge in [-0.15, -0.1) is 0 Å². The van der Waals surface area contributed by atoms with Gasteiger partial charge in [0.15, 0.2) is 0 Å². The van der Waals surface area contributed by atoms with Gasteiger partial charge in [-0.2, -0.15) is 0 Å². The lowest BCUT2D eigenvalue weighted by Crippen LogP contribution is -2.38. The van der Waals surface area contributed by atoms with Gasteiger partial charge in [-0.3, -0.25) is 9.59 Å². The minimum Gasteiger partial charge on any atom is -0.397 e. The first-order valence-corrected chi connectivity index (χ1v) is 6.72. The van der Waals surface area contributed by atoms with Crippen molar-refractivity contribution < 1.29 is 9.59 Å². The Labute approximate surface area is 119 Å². The maximum absolute atomic E-state index is 12.4. The summed E-state index contributed by atoms with van der Waals surface area (Å²) >= 11 is 0. The van der Waals surface area contributed by atoms with Crippen LogP contribution in [0.1, 0.15) is 37.3 Å². The Bertz CT molecular complexity index is 493. The van der Waals surface area contributed by atoms with Gasteiger partial charge in [0.05, 0.1) is 11.6 Å². The second-order valence-corrected chi connectivity index (χ2v) is 5.36. The van der Waals surface area contributed by atoms with Crippen molar-refractivity contribution in [3.63, 3.8) is 0 Å². The summed E-state index contributed by atoms with van der Waals surface area (Å²) in [6.07, 6.45) is 1.76. The van der Waals surface area contributed by atoms with Crippen LogP contribution in [0.4, 0.5) is 5.69 Å². The third-order valence-electron chi connectivity index (χ3n) is 3.23. The van der Waals surface area contributed by atoms with E-state index in [9.17, 15) is 9.59 Å². The van der Waals surface area contributed by atoms with E-state index in [2.05, 4.69) is 5.32 Å². The first-order chi connectivity index (χ1) is 9.27. The van der Waals surface area contributed by atoms with Crippen LogP contribution >= 0.6 is 0 Å². The third-order valence-corrected chi connectivity index (χ3v) is 3.23. The molecule has 112 valence electrons. The van der Waals surface area contributed by atoms with E-state index in [1.807, 2.05) is 18.4 Å². The van der Waals surface area contributed by atoms with Gasteiger partial charge in [0.2, 0.25) is 5.91 Å². The molecule has 1 aromatic heterocycles. The van der Waals surface area contributed by atoms with Crippen LogP contribution in [-0.2, 0) is 4.79 Å². The number of anilines is 1. The minimum absolute atomic E-state index is 0.0802. The maximum atomic E-state index is 12.4. The first-order valence-electron chi connectivity index (χ1n) is 6.72. The highest BCUT2D eigenvalue weighted by atomic mass is 16.2. The van der Waals surface area contributed by atoms with Crippen LogP contribution in [0.15, 0.2) is 12.3 Å². The Morgan fingerprint density at radius 1 is 1.40 bits per heavy atom. The van der Waals surface area contributed by atoms with Crippen molar-refractivity contribution in [2.45, 2.75) is 26.8 Å². The van der Waals surface area contributed by atoms with Crippen molar-refractivity contribution in [3.05, 3.63) is 18.0 Å². The fraction of sp³-hybridized carbons (Fsp3) is 0.571. The van der Waals surface area contributed by atoms with Crippen LogP contribution in [0, 0.1) is 5.92 Å². The van der Waals surface area contributed by atoms with E-state index >= 15 is 0 Å². The van der Waals surface area contributed by atoms with Gasteiger partial charge in [-0.05, 0) is 19.9 Å². The number of nitrogens with one attached hydrogen (secondary N) is 1. The molecular formula is C14H24N4O2. The number of rotatable bonds is 5. The summed E-state index contributed by atoms with van der Waals surface area (Å²) in [6, 6.07) is 1.82. The number of nitrogens with two attached hydrogens (primary N) is 1. The molecule has 6 heteroatoms. The van der Waals surface area contributed by atoms with Gasteiger partial charge >= 0.3 is 0 Å². The van der Waals surface area contributed by atoms with E-state index in [0.29, 0.717) is 17.9 Å². The van der Waals surface area contributed by atoms with Crippen molar-refractivity contribution in [2.75, 3.05) is 26.4 Å². The smallest absolute Gasteiger partial charge is 0.270 e. The Morgan fingerprint density at radius 3 is 2.50 bits per heavy atom. The zero-order valence-electron chi connectivity index (χ0n) is 12.8. The number of hydrogen-bond acceptors (Lipinski definition) is 3. The Morgan fingerprint density at radius 2 is 2.00 bits per heavy atom. The molecule has 0 aliphatic carbocycles. The van der Waals surface area contributed by atoms with E-state index in [0.717, 1.165) is 0 Å². The molecule has 1 unspecified atom stereocenters. The van der Waals surface area contributed by atoms with E-state index in [-0.39, 0.29) is 23.8 Å². The average Bonchev–Trinajstić information content (AvgIpc) is 2.78. The van der Waals surface area contributed by atoms with Crippen molar-refractivity contribution in [1.82, 2.24) is 14.8 Å². The van der Waals surface area contributed by atoms with Crippen molar-refractivity contribution >= 4 is 17.5 Å². The molecule has 20 heavy (non-hydrogen) atoms. The number of nitrogens with zero attached hydrogens (tertiary/aromatic N) is 2. The second kappa shape index (κ2) is 6.45. The van der Waals surface area contributed by atoms with Crippen molar-refractivity contribution in [1.29, 1.82) is 0 Å². The lowest BCUT2D eigenvalue weighted by Gasteiger charge is -2.22. The van der Waals surface area contributed by atoms with Crippen molar-refractivity contribution in [2.24, 2.45) is 5.92 Å². The predicted octanol–water partition coefficient (Wildman–Crippen LogP) is 1.11. The Balaban J connectivity index is 2.87. The Hall–Kier alpha value is -1.98. The topological polar surface area (TPSA) is 80.4 Å². The second-order valence-electron chi connectivity index (χ2n) is 5.36. The number of aromatic nitrogens is 1. The highest BCUT2D eigenvalue weighted by Gasteiger charge is 2.21. The molecule has 1 heterocycles. The van der Waals surface area contributed by atoms with Crippen molar-refractivity contribution in [3.8, 4) is 0 Å². The molecule has 0 spiro atoms. The van der Waals surface area contributed by atoms with E-state index in [4.69, 9.17) is 5.73 Å². The molecule has 0 saturated heterocycles. The first kappa shape index (κ1) is 16.1. The fourth-order valence-electron chi connectivity index (χ4n) is 2.12. The molecule has 0 bridgehead atoms. The van der Waals surface area contributed by atoms with Crippen LogP contribution in [-0.4, -0.2) is 41.9 Å². The number of carbonyl (C=O) groups is 2. The van der Waals surface area contributed by atoms with Gasteiger partial charge in [0.25, 0.3) is 5.91 Å². The molecule has 3 N–H and O–H groups in total. The highest BCUT2D eigenvalue weighted by Crippen LogP contribution is 2.18. The van der Waals surface area contributed by atoms with Crippen LogP contribution in [0.5, 0.6) is 0 Å². The molecule has 0 aromatic carbocycles. The standard InChI is InChI=1S/C14H24N4O2/c1-9(2)18-8-11(15)6-12(18)14(20)17(5)7-10(3)13(19)16-4/h6,8-10H,7,15H2,1-5H3,(H,16,19). The number of amides is 2. The quantitative estimate of drug-likeness (QED) is 0.847. The minimum atomic E-state index is -0.256. The molecule has 1 rings (SSSR count). The molecule has 0 fully saturated rings. The number of carbonyl (C=O) groups excluding carboxylic acids is 2. The fourth-order valence-corrected chi connectivity index (χ4v) is 2.12. The van der Waals surface area contributed by atoms with Gasteiger partial charge in [-0.1, -0.05) is 6.92 Å². The highest BCUT2D eigenvalue weighted by molar-refractivity contribution is 5.94. The summed E-state index contributed by atoms with van der Waals surface area (Å²) in [7, 11) is 3.28. The summed E-state index contributed by atoms with van der Waals surface area (Å²) in [4.78, 5) is 25.5. The summed E-state index contributed by atoms with van der Waals surface area (Å²) in [5.74, 6) is -0.469. The zero-order chi connectivity index (χ0) is 15.4. The number of nitrogen functional groups attached to an aromatic ring is 1. The molecule has 0 saturated carbocycles. The van der Waals surface area contributed by atoms with Gasteiger partial charge in [0, 0.05) is 32.9 Å². The molecule has 0 radical (unpaired) electrons. The van der Waals surface area contributed by atoms with Crippen LogP contribution in [0.3, 0.4) is 0 Å².